The molecule has 0 atom stereocenters. The van der Waals surface area contributed by atoms with Crippen LogP contribution >= 0.6 is 7.14 Å². The van der Waals surface area contributed by atoms with Gasteiger partial charge in [0.05, 0.1) is 11.4 Å². The van der Waals surface area contributed by atoms with Crippen molar-refractivity contribution in [3.63, 3.8) is 0 Å². The maximum Gasteiger partial charge on any atom is 0.234 e. The van der Waals surface area contributed by atoms with Gasteiger partial charge >= 0.3 is 0 Å². The molecule has 0 unspecified atom stereocenters. The Labute approximate surface area is 238 Å². The predicted molar refractivity (Wildman–Crippen MR) is 166 cm³/mol. The molecule has 0 spiro atoms. The van der Waals surface area contributed by atoms with Crippen molar-refractivity contribution in [1.29, 1.82) is 0 Å². The van der Waals surface area contributed by atoms with E-state index in [1.54, 1.807) is 6.20 Å². The minimum absolute atomic E-state index is 0.569. The lowest BCUT2D eigenvalue weighted by Gasteiger charge is -2.19. The fourth-order valence-corrected chi connectivity index (χ4v) is 7.73. The number of nitrogens with zero attached hydrogens (tertiary/aromatic N) is 4. The van der Waals surface area contributed by atoms with Crippen molar-refractivity contribution >= 4 is 29.0 Å². The third-order valence-electron chi connectivity index (χ3n) is 7.25. The first-order valence-electron chi connectivity index (χ1n) is 13.4. The molecule has 3 heterocycles. The van der Waals surface area contributed by atoms with E-state index in [1.807, 2.05) is 114 Å². The van der Waals surface area contributed by atoms with Gasteiger partial charge in [-0.25, -0.2) is 9.97 Å². The van der Waals surface area contributed by atoms with E-state index in [2.05, 4.69) is 41.4 Å². The van der Waals surface area contributed by atoms with E-state index in [0.717, 1.165) is 44.3 Å². The number of rotatable bonds is 6. The van der Waals surface area contributed by atoms with E-state index in [1.165, 1.54) is 0 Å². The standard InChI is InChI=1S/C35H25N4OP/c40-41(30-13-6-2-7-14-30,31-15-8-3-9-16-31)32-22-21-29(25-37-32)26-17-19-27(20-18-26)33-34(28-11-4-1-5-12-28)39-24-10-23-36-35(39)38-33/h1-25H. The van der Waals surface area contributed by atoms with Gasteiger partial charge in [0.1, 0.15) is 5.44 Å². The second-order valence-corrected chi connectivity index (χ2v) is 12.4. The van der Waals surface area contributed by atoms with Crippen LogP contribution < -0.4 is 16.0 Å². The van der Waals surface area contributed by atoms with E-state index >= 15 is 0 Å². The molecule has 196 valence electrons. The first-order chi connectivity index (χ1) is 20.2. The minimum Gasteiger partial charge on any atom is -0.307 e. The van der Waals surface area contributed by atoms with Gasteiger partial charge in [0, 0.05) is 45.9 Å². The van der Waals surface area contributed by atoms with Gasteiger partial charge in [0.2, 0.25) is 5.78 Å². The Kier molecular flexibility index (Phi) is 6.35. The summed E-state index contributed by atoms with van der Waals surface area (Å²) in [6.07, 6.45) is 5.56. The van der Waals surface area contributed by atoms with Gasteiger partial charge in [-0.3, -0.25) is 9.38 Å². The monoisotopic (exact) mass is 548 g/mol. The highest BCUT2D eigenvalue weighted by atomic mass is 31.2. The molecule has 0 radical (unpaired) electrons. The van der Waals surface area contributed by atoms with Crippen molar-refractivity contribution in [2.75, 3.05) is 0 Å². The lowest BCUT2D eigenvalue weighted by molar-refractivity contribution is 0.592. The van der Waals surface area contributed by atoms with E-state index in [9.17, 15) is 4.57 Å². The van der Waals surface area contributed by atoms with E-state index in [-0.39, 0.29) is 0 Å². The Bertz CT molecular complexity index is 1940. The van der Waals surface area contributed by atoms with Crippen LogP contribution in [0.5, 0.6) is 0 Å². The van der Waals surface area contributed by atoms with Crippen LogP contribution in [0.3, 0.4) is 0 Å². The zero-order valence-corrected chi connectivity index (χ0v) is 23.0. The SMILES string of the molecule is O=P(c1ccccc1)(c1ccccc1)c1ccc(-c2ccc(-c3nc4ncccn4c3-c3ccccc3)cc2)cn1. The number of imidazole rings is 1. The number of pyridine rings is 1. The zero-order valence-electron chi connectivity index (χ0n) is 22.1. The molecule has 0 saturated carbocycles. The molecule has 4 aromatic carbocycles. The van der Waals surface area contributed by atoms with Crippen LogP contribution in [-0.4, -0.2) is 19.4 Å². The first-order valence-corrected chi connectivity index (χ1v) is 15.1. The smallest absolute Gasteiger partial charge is 0.234 e. The summed E-state index contributed by atoms with van der Waals surface area (Å²) in [5, 5.41) is 1.54. The first kappa shape index (κ1) is 24.9. The van der Waals surface area contributed by atoms with Crippen molar-refractivity contribution < 1.29 is 4.57 Å². The third kappa shape index (κ3) is 4.47. The van der Waals surface area contributed by atoms with Gasteiger partial charge in [-0.1, -0.05) is 121 Å². The highest BCUT2D eigenvalue weighted by Gasteiger charge is 2.31. The highest BCUT2D eigenvalue weighted by Crippen LogP contribution is 2.41. The van der Waals surface area contributed by atoms with Crippen LogP contribution in [0, 0.1) is 0 Å². The second kappa shape index (κ2) is 10.5. The molecule has 3 aromatic heterocycles. The molecular weight excluding hydrogens is 523 g/mol. The Morgan fingerprint density at radius 3 is 1.73 bits per heavy atom. The number of hydrogen-bond acceptors (Lipinski definition) is 4. The Morgan fingerprint density at radius 1 is 0.537 bits per heavy atom. The second-order valence-electron chi connectivity index (χ2n) is 9.73. The summed E-state index contributed by atoms with van der Waals surface area (Å²) in [5.74, 6) is 0.659. The van der Waals surface area contributed by atoms with Gasteiger partial charge in [-0.2, -0.15) is 0 Å². The van der Waals surface area contributed by atoms with Crippen LogP contribution in [-0.2, 0) is 4.57 Å². The van der Waals surface area contributed by atoms with Crippen molar-refractivity contribution in [2.45, 2.75) is 0 Å². The molecule has 0 saturated heterocycles. The van der Waals surface area contributed by atoms with Crippen LogP contribution in [0.15, 0.2) is 152 Å². The molecule has 0 aliphatic carbocycles. The molecule has 0 amide bonds. The average molecular weight is 549 g/mol. The van der Waals surface area contributed by atoms with Crippen molar-refractivity contribution in [3.05, 3.63) is 152 Å². The molecule has 0 aliphatic rings. The highest BCUT2D eigenvalue weighted by molar-refractivity contribution is 7.85. The summed E-state index contributed by atoms with van der Waals surface area (Å²) in [6.45, 7) is 0. The largest absolute Gasteiger partial charge is 0.307 e. The number of fused-ring (bicyclic) bond motifs is 1. The molecule has 0 N–H and O–H groups in total. The lowest BCUT2D eigenvalue weighted by atomic mass is 10.0. The molecule has 0 bridgehead atoms. The van der Waals surface area contributed by atoms with Crippen LogP contribution in [0.25, 0.3) is 39.4 Å². The molecule has 0 fully saturated rings. The van der Waals surface area contributed by atoms with Crippen LogP contribution in [0.4, 0.5) is 0 Å². The summed E-state index contributed by atoms with van der Waals surface area (Å²) >= 11 is 0. The Morgan fingerprint density at radius 2 is 1.12 bits per heavy atom. The average Bonchev–Trinajstić information content (AvgIpc) is 3.45. The van der Waals surface area contributed by atoms with Crippen LogP contribution in [0.1, 0.15) is 0 Å². The predicted octanol–water partition coefficient (Wildman–Crippen LogP) is 6.76. The molecule has 0 aliphatic heterocycles. The molecule has 5 nitrogen and oxygen atoms in total. The van der Waals surface area contributed by atoms with Gasteiger partial charge in [0.25, 0.3) is 0 Å². The van der Waals surface area contributed by atoms with Gasteiger partial charge in [0.15, 0.2) is 7.14 Å². The molecule has 41 heavy (non-hydrogen) atoms. The summed E-state index contributed by atoms with van der Waals surface area (Å²) in [7, 11) is -3.11. The maximum absolute atomic E-state index is 14.6. The van der Waals surface area contributed by atoms with Gasteiger partial charge in [-0.15, -0.1) is 0 Å². The lowest BCUT2D eigenvalue weighted by Crippen LogP contribution is -2.26. The normalized spacial score (nSPS) is 11.5. The molecule has 7 rings (SSSR count). The third-order valence-corrected chi connectivity index (χ3v) is 10.2. The summed E-state index contributed by atoms with van der Waals surface area (Å²) in [5.41, 5.74) is 6.50. The van der Waals surface area contributed by atoms with E-state index in [4.69, 9.17) is 9.97 Å². The van der Waals surface area contributed by atoms with Crippen molar-refractivity contribution in [2.24, 2.45) is 0 Å². The number of aromatic nitrogens is 4. The molecule has 6 heteroatoms. The quantitative estimate of drug-likeness (QED) is 0.215. The minimum atomic E-state index is -3.11. The fraction of sp³-hybridized carbons (Fsp3) is 0. The summed E-state index contributed by atoms with van der Waals surface area (Å²) in [6, 6.07) is 43.6. The molecule has 7 aromatic rings. The maximum atomic E-state index is 14.6. The fourth-order valence-electron chi connectivity index (χ4n) is 5.21. The van der Waals surface area contributed by atoms with Gasteiger partial charge < -0.3 is 4.57 Å². The Hall–Kier alpha value is -5.12. The van der Waals surface area contributed by atoms with Crippen molar-refractivity contribution in [3.8, 4) is 33.6 Å². The number of hydrogen-bond donors (Lipinski definition) is 0. The van der Waals surface area contributed by atoms with Crippen LogP contribution in [0.2, 0.25) is 0 Å². The zero-order chi connectivity index (χ0) is 27.6. The van der Waals surface area contributed by atoms with E-state index < -0.39 is 7.14 Å². The molecular formula is C35H25N4OP. The summed E-state index contributed by atoms with van der Waals surface area (Å²) in [4.78, 5) is 14.1. The van der Waals surface area contributed by atoms with Crippen molar-refractivity contribution in [1.82, 2.24) is 19.4 Å². The Balaban J connectivity index is 1.25. The number of benzene rings is 4. The topological polar surface area (TPSA) is 60.2 Å². The van der Waals surface area contributed by atoms with E-state index in [0.29, 0.717) is 11.2 Å². The summed E-state index contributed by atoms with van der Waals surface area (Å²) < 4.78 is 16.6. The van der Waals surface area contributed by atoms with Gasteiger partial charge in [-0.05, 0) is 17.7 Å².